The fourth-order valence-electron chi connectivity index (χ4n) is 3.26. The van der Waals surface area contributed by atoms with Gasteiger partial charge in [-0.1, -0.05) is 42.5 Å². The van der Waals surface area contributed by atoms with E-state index in [9.17, 15) is 9.59 Å². The minimum atomic E-state index is -0.316. The van der Waals surface area contributed by atoms with Gasteiger partial charge < -0.3 is 15.0 Å². The van der Waals surface area contributed by atoms with E-state index in [2.05, 4.69) is 17.4 Å². The summed E-state index contributed by atoms with van der Waals surface area (Å²) in [6, 6.07) is 17.6. The number of hydrogen-bond acceptors (Lipinski definition) is 3. The van der Waals surface area contributed by atoms with E-state index in [1.54, 1.807) is 12.0 Å². The van der Waals surface area contributed by atoms with Crippen molar-refractivity contribution in [2.45, 2.75) is 19.3 Å². The van der Waals surface area contributed by atoms with E-state index in [-0.39, 0.29) is 24.2 Å². The van der Waals surface area contributed by atoms with Crippen molar-refractivity contribution in [3.8, 4) is 5.75 Å². The molecule has 26 heavy (non-hydrogen) atoms. The maximum absolute atomic E-state index is 12.4. The highest BCUT2D eigenvalue weighted by Crippen LogP contribution is 2.32. The summed E-state index contributed by atoms with van der Waals surface area (Å²) in [6.45, 7) is 1.01. The van der Waals surface area contributed by atoms with Crippen molar-refractivity contribution in [3.63, 3.8) is 0 Å². The molecule has 2 amide bonds. The molecule has 0 radical (unpaired) electrons. The third-order valence-corrected chi connectivity index (χ3v) is 4.66. The number of anilines is 1. The number of hydrogen-bond donors (Lipinski definition) is 1. The lowest BCUT2D eigenvalue weighted by molar-refractivity contribution is -0.126. The summed E-state index contributed by atoms with van der Waals surface area (Å²) in [5.74, 6) is 0.233. The molecule has 1 N–H and O–H groups in total. The second kappa shape index (κ2) is 8.52. The number of amides is 2. The highest BCUT2D eigenvalue weighted by Gasteiger charge is 2.35. The number of carbonyl (C=O) groups excluding carboxylic acids is 2. The summed E-state index contributed by atoms with van der Waals surface area (Å²) in [5.41, 5.74) is 1.99. The van der Waals surface area contributed by atoms with Crippen LogP contribution in [0.4, 0.5) is 5.69 Å². The number of para-hydroxylation sites is 2. The van der Waals surface area contributed by atoms with Gasteiger partial charge >= 0.3 is 0 Å². The van der Waals surface area contributed by atoms with Gasteiger partial charge in [-0.15, -0.1) is 0 Å². The molecule has 1 heterocycles. The first-order valence-corrected chi connectivity index (χ1v) is 8.94. The summed E-state index contributed by atoms with van der Waals surface area (Å²) in [6.07, 6.45) is 2.05. The molecule has 1 unspecified atom stereocenters. The standard InChI is InChI=1S/C21H24N2O3/c1-26-19-12-6-5-11-18(19)23-15-17(14-20(23)24)21(25)22-13-7-10-16-8-3-2-4-9-16/h2-6,8-9,11-12,17H,7,10,13-15H2,1H3,(H,22,25). The van der Waals surface area contributed by atoms with Gasteiger partial charge in [-0.05, 0) is 30.5 Å². The van der Waals surface area contributed by atoms with Crippen LogP contribution in [0.3, 0.4) is 0 Å². The topological polar surface area (TPSA) is 58.6 Å². The molecule has 1 aliphatic heterocycles. The SMILES string of the molecule is COc1ccccc1N1CC(C(=O)NCCCc2ccccc2)CC1=O. The molecule has 1 saturated heterocycles. The lowest BCUT2D eigenvalue weighted by Crippen LogP contribution is -2.33. The Morgan fingerprint density at radius 3 is 2.65 bits per heavy atom. The zero-order chi connectivity index (χ0) is 18.4. The lowest BCUT2D eigenvalue weighted by Gasteiger charge is -2.19. The Balaban J connectivity index is 1.51. The van der Waals surface area contributed by atoms with Crippen molar-refractivity contribution in [2.24, 2.45) is 5.92 Å². The molecule has 0 aliphatic carbocycles. The molecule has 136 valence electrons. The van der Waals surface area contributed by atoms with Crippen molar-refractivity contribution in [3.05, 3.63) is 60.2 Å². The van der Waals surface area contributed by atoms with Crippen LogP contribution in [0.5, 0.6) is 5.75 Å². The maximum atomic E-state index is 12.4. The average Bonchev–Trinajstić information content (AvgIpc) is 3.07. The zero-order valence-electron chi connectivity index (χ0n) is 15.0. The van der Waals surface area contributed by atoms with E-state index < -0.39 is 0 Å². The van der Waals surface area contributed by atoms with E-state index in [1.807, 2.05) is 42.5 Å². The van der Waals surface area contributed by atoms with Gasteiger partial charge in [0.2, 0.25) is 11.8 Å². The van der Waals surface area contributed by atoms with Crippen molar-refractivity contribution < 1.29 is 14.3 Å². The number of nitrogens with one attached hydrogen (secondary N) is 1. The van der Waals surface area contributed by atoms with Gasteiger partial charge in [0.15, 0.2) is 0 Å². The van der Waals surface area contributed by atoms with Crippen LogP contribution < -0.4 is 15.0 Å². The minimum absolute atomic E-state index is 0.0427. The molecule has 1 aliphatic rings. The number of rotatable bonds is 7. The van der Waals surface area contributed by atoms with Crippen LogP contribution in [0.2, 0.25) is 0 Å². The summed E-state index contributed by atoms with van der Waals surface area (Å²) in [7, 11) is 1.58. The Labute approximate surface area is 154 Å². The van der Waals surface area contributed by atoms with Crippen LogP contribution in [-0.2, 0) is 16.0 Å². The average molecular weight is 352 g/mol. The Kier molecular flexibility index (Phi) is 5.89. The van der Waals surface area contributed by atoms with Gasteiger partial charge in [-0.2, -0.15) is 0 Å². The first kappa shape index (κ1) is 18.0. The third-order valence-electron chi connectivity index (χ3n) is 4.66. The molecular weight excluding hydrogens is 328 g/mol. The highest BCUT2D eigenvalue weighted by atomic mass is 16.5. The van der Waals surface area contributed by atoms with Crippen LogP contribution in [0.15, 0.2) is 54.6 Å². The summed E-state index contributed by atoms with van der Waals surface area (Å²) in [5, 5.41) is 2.97. The Morgan fingerprint density at radius 1 is 1.15 bits per heavy atom. The predicted molar refractivity (Wildman–Crippen MR) is 101 cm³/mol. The Hall–Kier alpha value is -2.82. The fraction of sp³-hybridized carbons (Fsp3) is 0.333. The molecule has 2 aromatic rings. The molecule has 3 rings (SSSR count). The summed E-state index contributed by atoms with van der Waals surface area (Å²) < 4.78 is 5.33. The third kappa shape index (κ3) is 4.23. The second-order valence-corrected chi connectivity index (χ2v) is 6.46. The zero-order valence-corrected chi connectivity index (χ0v) is 15.0. The number of benzene rings is 2. The molecular formula is C21H24N2O3. The minimum Gasteiger partial charge on any atom is -0.495 e. The molecule has 0 saturated carbocycles. The molecule has 1 fully saturated rings. The smallest absolute Gasteiger partial charge is 0.227 e. The van der Waals surface area contributed by atoms with E-state index in [4.69, 9.17) is 4.74 Å². The Bertz CT molecular complexity index is 761. The van der Waals surface area contributed by atoms with E-state index in [1.165, 1.54) is 5.56 Å². The van der Waals surface area contributed by atoms with Crippen molar-refractivity contribution in [1.82, 2.24) is 5.32 Å². The van der Waals surface area contributed by atoms with Crippen LogP contribution >= 0.6 is 0 Å². The van der Waals surface area contributed by atoms with Crippen molar-refractivity contribution >= 4 is 17.5 Å². The number of nitrogens with zero attached hydrogens (tertiary/aromatic N) is 1. The second-order valence-electron chi connectivity index (χ2n) is 6.46. The van der Waals surface area contributed by atoms with Crippen molar-refractivity contribution in [2.75, 3.05) is 25.1 Å². The van der Waals surface area contributed by atoms with Crippen molar-refractivity contribution in [1.29, 1.82) is 0 Å². The largest absolute Gasteiger partial charge is 0.495 e. The molecule has 1 atom stereocenters. The molecule has 5 nitrogen and oxygen atoms in total. The molecule has 0 bridgehead atoms. The summed E-state index contributed by atoms with van der Waals surface area (Å²) >= 11 is 0. The number of methoxy groups -OCH3 is 1. The van der Waals surface area contributed by atoms with Crippen LogP contribution in [0, 0.1) is 5.92 Å². The number of ether oxygens (including phenoxy) is 1. The molecule has 2 aromatic carbocycles. The normalized spacial score (nSPS) is 16.6. The Morgan fingerprint density at radius 2 is 1.88 bits per heavy atom. The number of carbonyl (C=O) groups is 2. The summed E-state index contributed by atoms with van der Waals surface area (Å²) in [4.78, 5) is 26.4. The van der Waals surface area contributed by atoms with E-state index in [0.29, 0.717) is 18.8 Å². The number of aryl methyl sites for hydroxylation is 1. The molecule has 0 aromatic heterocycles. The van der Waals surface area contributed by atoms with E-state index >= 15 is 0 Å². The quantitative estimate of drug-likeness (QED) is 0.780. The van der Waals surface area contributed by atoms with Gasteiger partial charge in [0.05, 0.1) is 18.7 Å². The lowest BCUT2D eigenvalue weighted by atomic mass is 10.1. The first-order chi connectivity index (χ1) is 12.7. The fourth-order valence-corrected chi connectivity index (χ4v) is 3.26. The first-order valence-electron chi connectivity index (χ1n) is 8.94. The molecule has 5 heteroatoms. The highest BCUT2D eigenvalue weighted by molar-refractivity contribution is 6.01. The van der Waals surface area contributed by atoms with Crippen LogP contribution in [-0.4, -0.2) is 32.0 Å². The van der Waals surface area contributed by atoms with Gasteiger partial charge in [0.25, 0.3) is 0 Å². The maximum Gasteiger partial charge on any atom is 0.227 e. The molecule has 0 spiro atoms. The van der Waals surface area contributed by atoms with Gasteiger partial charge in [0, 0.05) is 19.5 Å². The van der Waals surface area contributed by atoms with Crippen LogP contribution in [0.1, 0.15) is 18.4 Å². The monoisotopic (exact) mass is 352 g/mol. The van der Waals surface area contributed by atoms with Crippen LogP contribution in [0.25, 0.3) is 0 Å². The van der Waals surface area contributed by atoms with Gasteiger partial charge in [0.1, 0.15) is 5.75 Å². The van der Waals surface area contributed by atoms with E-state index in [0.717, 1.165) is 18.5 Å². The predicted octanol–water partition coefficient (Wildman–Crippen LogP) is 2.80. The van der Waals surface area contributed by atoms with Gasteiger partial charge in [-0.25, -0.2) is 0 Å². The van der Waals surface area contributed by atoms with Gasteiger partial charge in [-0.3, -0.25) is 9.59 Å².